The summed E-state index contributed by atoms with van der Waals surface area (Å²) in [6, 6.07) is 0.430. The van der Waals surface area contributed by atoms with E-state index < -0.39 is 0 Å². The number of imidazole rings is 1. The summed E-state index contributed by atoms with van der Waals surface area (Å²) in [5.41, 5.74) is 0. The first-order valence-corrected chi connectivity index (χ1v) is 7.07. The second-order valence-corrected chi connectivity index (χ2v) is 4.73. The Morgan fingerprint density at radius 2 is 2.26 bits per heavy atom. The molecule has 1 N–H and O–H groups in total. The fourth-order valence-corrected chi connectivity index (χ4v) is 1.93. The Bertz CT molecular complexity index is 338. The average Bonchev–Trinajstić information content (AvgIpc) is 2.86. The highest BCUT2D eigenvalue weighted by molar-refractivity contribution is 5.69. The number of esters is 1. The molecule has 0 radical (unpaired) electrons. The minimum absolute atomic E-state index is 0.0797. The number of aromatic nitrogens is 2. The molecule has 0 saturated carbocycles. The van der Waals surface area contributed by atoms with Crippen LogP contribution in [0.1, 0.15) is 39.5 Å². The first-order valence-electron chi connectivity index (χ1n) is 7.07. The summed E-state index contributed by atoms with van der Waals surface area (Å²) >= 11 is 0. The first kappa shape index (κ1) is 15.7. The Labute approximate surface area is 115 Å². The molecule has 5 nitrogen and oxygen atoms in total. The Morgan fingerprint density at radius 3 is 2.95 bits per heavy atom. The van der Waals surface area contributed by atoms with Gasteiger partial charge in [0, 0.05) is 31.4 Å². The van der Waals surface area contributed by atoms with Crippen LogP contribution in [0.5, 0.6) is 0 Å². The molecule has 0 bridgehead atoms. The van der Waals surface area contributed by atoms with Gasteiger partial charge < -0.3 is 14.6 Å². The molecule has 0 fully saturated rings. The fourth-order valence-electron chi connectivity index (χ4n) is 1.93. The molecule has 0 aromatic carbocycles. The molecular weight excluding hydrogens is 242 g/mol. The van der Waals surface area contributed by atoms with Gasteiger partial charge in [-0.15, -0.1) is 0 Å². The zero-order valence-corrected chi connectivity index (χ0v) is 12.0. The highest BCUT2D eigenvalue weighted by Gasteiger charge is 2.03. The van der Waals surface area contributed by atoms with Gasteiger partial charge in [0.1, 0.15) is 0 Å². The van der Waals surface area contributed by atoms with Gasteiger partial charge in [-0.25, -0.2) is 4.98 Å². The summed E-state index contributed by atoms with van der Waals surface area (Å²) in [4.78, 5) is 15.1. The van der Waals surface area contributed by atoms with Crippen LogP contribution >= 0.6 is 0 Å². The lowest BCUT2D eigenvalue weighted by molar-refractivity contribution is -0.143. The first-order chi connectivity index (χ1) is 9.22. The van der Waals surface area contributed by atoms with Gasteiger partial charge in [-0.2, -0.15) is 0 Å². The van der Waals surface area contributed by atoms with Crippen LogP contribution in [0.2, 0.25) is 0 Å². The van der Waals surface area contributed by atoms with Gasteiger partial charge in [0.05, 0.1) is 12.9 Å². The van der Waals surface area contributed by atoms with Crippen molar-refractivity contribution in [3.8, 4) is 0 Å². The predicted molar refractivity (Wildman–Crippen MR) is 74.8 cm³/mol. The van der Waals surface area contributed by atoms with Gasteiger partial charge in [0.25, 0.3) is 0 Å². The normalized spacial score (nSPS) is 12.3. The number of ether oxygens (including phenoxy) is 1. The predicted octanol–water partition coefficient (Wildman–Crippen LogP) is 1.98. The van der Waals surface area contributed by atoms with E-state index in [4.69, 9.17) is 4.74 Å². The molecule has 1 aromatic heterocycles. The van der Waals surface area contributed by atoms with Crippen LogP contribution in [0.4, 0.5) is 0 Å². The van der Waals surface area contributed by atoms with E-state index in [0.717, 1.165) is 32.4 Å². The molecule has 0 aliphatic rings. The van der Waals surface area contributed by atoms with Crippen LogP contribution < -0.4 is 5.32 Å². The number of unbranched alkanes of at least 4 members (excludes halogenated alkanes) is 2. The summed E-state index contributed by atoms with van der Waals surface area (Å²) in [6.07, 6.45) is 9.20. The number of carbonyl (C=O) groups is 1. The van der Waals surface area contributed by atoms with Crippen molar-refractivity contribution in [2.75, 3.05) is 13.2 Å². The molecule has 1 aromatic rings. The van der Waals surface area contributed by atoms with Crippen molar-refractivity contribution in [1.82, 2.24) is 14.9 Å². The molecule has 1 heterocycles. The summed E-state index contributed by atoms with van der Waals surface area (Å²) in [6.45, 7) is 6.40. The Morgan fingerprint density at radius 1 is 1.42 bits per heavy atom. The number of carbonyl (C=O) groups excluding carboxylic acids is 1. The van der Waals surface area contributed by atoms with Crippen LogP contribution in [0.25, 0.3) is 0 Å². The van der Waals surface area contributed by atoms with E-state index in [2.05, 4.69) is 21.8 Å². The molecule has 5 heteroatoms. The van der Waals surface area contributed by atoms with Crippen LogP contribution in [0, 0.1) is 0 Å². The maximum Gasteiger partial charge on any atom is 0.305 e. The van der Waals surface area contributed by atoms with Crippen molar-refractivity contribution >= 4 is 5.97 Å². The smallest absolute Gasteiger partial charge is 0.305 e. The lowest BCUT2D eigenvalue weighted by Gasteiger charge is -2.14. The minimum atomic E-state index is -0.0797. The number of nitrogens with one attached hydrogen (secondary N) is 1. The van der Waals surface area contributed by atoms with E-state index in [9.17, 15) is 4.79 Å². The van der Waals surface area contributed by atoms with E-state index in [1.165, 1.54) is 0 Å². The van der Waals surface area contributed by atoms with E-state index >= 15 is 0 Å². The molecule has 0 spiro atoms. The van der Waals surface area contributed by atoms with Gasteiger partial charge >= 0.3 is 5.97 Å². The van der Waals surface area contributed by atoms with Crippen molar-refractivity contribution in [1.29, 1.82) is 0 Å². The van der Waals surface area contributed by atoms with Crippen LogP contribution in [0.15, 0.2) is 18.7 Å². The second kappa shape index (κ2) is 9.55. The molecule has 0 aliphatic carbocycles. The number of nitrogens with zero attached hydrogens (tertiary/aromatic N) is 2. The molecule has 1 unspecified atom stereocenters. The van der Waals surface area contributed by atoms with Crippen molar-refractivity contribution in [3.63, 3.8) is 0 Å². The van der Waals surface area contributed by atoms with Crippen molar-refractivity contribution in [3.05, 3.63) is 18.7 Å². The molecule has 1 atom stereocenters. The van der Waals surface area contributed by atoms with Crippen molar-refractivity contribution < 1.29 is 9.53 Å². The number of hydrogen-bond acceptors (Lipinski definition) is 4. The third-order valence-electron chi connectivity index (χ3n) is 2.90. The maximum absolute atomic E-state index is 11.1. The largest absolute Gasteiger partial charge is 0.466 e. The zero-order valence-electron chi connectivity index (χ0n) is 12.0. The third kappa shape index (κ3) is 7.62. The van der Waals surface area contributed by atoms with Gasteiger partial charge in [0.2, 0.25) is 0 Å². The zero-order chi connectivity index (χ0) is 13.9. The van der Waals surface area contributed by atoms with Crippen molar-refractivity contribution in [2.45, 2.75) is 52.1 Å². The molecule has 0 amide bonds. The lowest BCUT2D eigenvalue weighted by Crippen LogP contribution is -2.30. The molecule has 0 saturated heterocycles. The topological polar surface area (TPSA) is 56.1 Å². The summed E-state index contributed by atoms with van der Waals surface area (Å²) < 4.78 is 6.95. The van der Waals surface area contributed by atoms with Crippen LogP contribution in [-0.4, -0.2) is 34.7 Å². The van der Waals surface area contributed by atoms with E-state index in [1.54, 1.807) is 6.20 Å². The molecule has 19 heavy (non-hydrogen) atoms. The third-order valence-corrected chi connectivity index (χ3v) is 2.90. The Hall–Kier alpha value is -1.36. The molecule has 108 valence electrons. The lowest BCUT2D eigenvalue weighted by atomic mass is 10.2. The average molecular weight is 267 g/mol. The monoisotopic (exact) mass is 267 g/mol. The number of rotatable bonds is 10. The SMILES string of the molecule is CCOC(=O)CCCCCNC(C)Cn1ccnc1. The summed E-state index contributed by atoms with van der Waals surface area (Å²) in [5, 5.41) is 3.47. The molecule has 1 rings (SSSR count). The maximum atomic E-state index is 11.1. The van der Waals surface area contributed by atoms with E-state index in [1.807, 2.05) is 19.4 Å². The standard InChI is InChI=1S/C14H25N3O2/c1-3-19-14(18)7-5-4-6-8-16-13(2)11-17-10-9-15-12-17/h9-10,12-13,16H,3-8,11H2,1-2H3. The Kier molecular flexibility index (Phi) is 7.89. The van der Waals surface area contributed by atoms with Gasteiger partial charge in [-0.3, -0.25) is 4.79 Å². The molecular formula is C14H25N3O2. The van der Waals surface area contributed by atoms with E-state index in [-0.39, 0.29) is 5.97 Å². The second-order valence-electron chi connectivity index (χ2n) is 4.73. The van der Waals surface area contributed by atoms with Crippen LogP contribution in [0.3, 0.4) is 0 Å². The Balaban J connectivity index is 1.94. The molecule has 0 aliphatic heterocycles. The summed E-state index contributed by atoms with van der Waals surface area (Å²) in [5.74, 6) is -0.0797. The van der Waals surface area contributed by atoms with Crippen molar-refractivity contribution in [2.24, 2.45) is 0 Å². The quantitative estimate of drug-likeness (QED) is 0.520. The minimum Gasteiger partial charge on any atom is -0.466 e. The van der Waals surface area contributed by atoms with Gasteiger partial charge in [-0.1, -0.05) is 6.42 Å². The summed E-state index contributed by atoms with van der Waals surface area (Å²) in [7, 11) is 0. The fraction of sp³-hybridized carbons (Fsp3) is 0.714. The highest BCUT2D eigenvalue weighted by atomic mass is 16.5. The highest BCUT2D eigenvalue weighted by Crippen LogP contribution is 2.01. The van der Waals surface area contributed by atoms with Gasteiger partial charge in [0.15, 0.2) is 0 Å². The van der Waals surface area contributed by atoms with E-state index in [0.29, 0.717) is 19.1 Å². The van der Waals surface area contributed by atoms with Gasteiger partial charge in [-0.05, 0) is 33.2 Å². The van der Waals surface area contributed by atoms with Crippen LogP contribution in [-0.2, 0) is 16.1 Å². The number of hydrogen-bond donors (Lipinski definition) is 1.